The Labute approximate surface area is 189 Å². The molecule has 3 aromatic rings. The Hall–Kier alpha value is -2.94. The predicted octanol–water partition coefficient (Wildman–Crippen LogP) is 4.57. The monoisotopic (exact) mass is 462 g/mol. The Morgan fingerprint density at radius 3 is 2.36 bits per heavy atom. The summed E-state index contributed by atoms with van der Waals surface area (Å²) in [6.07, 6.45) is 2.87. The van der Waals surface area contributed by atoms with Crippen molar-refractivity contribution >= 4 is 16.9 Å². The summed E-state index contributed by atoms with van der Waals surface area (Å²) >= 11 is 0. The van der Waals surface area contributed by atoms with Crippen LogP contribution in [0.15, 0.2) is 36.7 Å². The van der Waals surface area contributed by atoms with E-state index in [1.807, 2.05) is 13.8 Å². The number of nitrogens with one attached hydrogen (secondary N) is 1. The van der Waals surface area contributed by atoms with Gasteiger partial charge in [-0.3, -0.25) is 9.69 Å². The second kappa shape index (κ2) is 9.51. The highest BCUT2D eigenvalue weighted by molar-refractivity contribution is 5.84. The molecule has 0 bridgehead atoms. The molecule has 2 aromatic carbocycles. The first-order chi connectivity index (χ1) is 15.7. The predicted molar refractivity (Wildman–Crippen MR) is 116 cm³/mol. The van der Waals surface area contributed by atoms with E-state index in [9.17, 15) is 22.4 Å². The van der Waals surface area contributed by atoms with Gasteiger partial charge in [0.25, 0.3) is 0 Å². The largest absolute Gasteiger partial charge is 0.351 e. The molecule has 2 heterocycles. The van der Waals surface area contributed by atoms with Crippen LogP contribution in [0.25, 0.3) is 11.0 Å². The van der Waals surface area contributed by atoms with Crippen molar-refractivity contribution in [2.24, 2.45) is 5.92 Å². The SMILES string of the molecule is CC(C)C(C(=O)NC1CCN(Cc2ccc(F)c(F)c2)CC1)n1cnc2cc(F)c(F)cc21. The van der Waals surface area contributed by atoms with Crippen molar-refractivity contribution in [3.63, 3.8) is 0 Å². The van der Waals surface area contributed by atoms with Crippen LogP contribution in [0.3, 0.4) is 0 Å². The number of rotatable bonds is 6. The van der Waals surface area contributed by atoms with Gasteiger partial charge in [0, 0.05) is 37.8 Å². The molecule has 1 amide bonds. The highest BCUT2D eigenvalue weighted by atomic mass is 19.2. The normalized spacial score (nSPS) is 16.5. The fraction of sp³-hybridized carbons (Fsp3) is 0.417. The first-order valence-corrected chi connectivity index (χ1v) is 11.0. The van der Waals surface area contributed by atoms with Gasteiger partial charge in [-0.1, -0.05) is 19.9 Å². The van der Waals surface area contributed by atoms with E-state index >= 15 is 0 Å². The van der Waals surface area contributed by atoms with E-state index in [-0.39, 0.29) is 23.4 Å². The molecule has 1 saturated heterocycles. The Bertz CT molecular complexity index is 1150. The second-order valence-corrected chi connectivity index (χ2v) is 8.90. The second-order valence-electron chi connectivity index (χ2n) is 8.90. The van der Waals surface area contributed by atoms with E-state index in [2.05, 4.69) is 15.2 Å². The van der Waals surface area contributed by atoms with Gasteiger partial charge in [0.2, 0.25) is 5.91 Å². The molecule has 4 rings (SSSR count). The molecule has 1 aromatic heterocycles. The summed E-state index contributed by atoms with van der Waals surface area (Å²) in [7, 11) is 0. The number of benzene rings is 2. The number of hydrogen-bond acceptors (Lipinski definition) is 3. The molecule has 0 aliphatic carbocycles. The highest BCUT2D eigenvalue weighted by Gasteiger charge is 2.29. The molecule has 1 aliphatic heterocycles. The van der Waals surface area contributed by atoms with Gasteiger partial charge in [0.15, 0.2) is 23.3 Å². The number of hydrogen-bond donors (Lipinski definition) is 1. The van der Waals surface area contributed by atoms with Crippen LogP contribution in [0.2, 0.25) is 0 Å². The van der Waals surface area contributed by atoms with Crippen molar-refractivity contribution in [2.75, 3.05) is 13.1 Å². The molecule has 0 spiro atoms. The zero-order chi connectivity index (χ0) is 23.7. The van der Waals surface area contributed by atoms with Crippen molar-refractivity contribution in [3.8, 4) is 0 Å². The van der Waals surface area contributed by atoms with Crippen molar-refractivity contribution < 1.29 is 22.4 Å². The number of piperidine rings is 1. The van der Waals surface area contributed by atoms with E-state index in [0.717, 1.165) is 18.2 Å². The molecule has 0 saturated carbocycles. The van der Waals surface area contributed by atoms with Crippen LogP contribution in [0.5, 0.6) is 0 Å². The molecule has 5 nitrogen and oxygen atoms in total. The summed E-state index contributed by atoms with van der Waals surface area (Å²) in [5, 5.41) is 3.09. The summed E-state index contributed by atoms with van der Waals surface area (Å²) in [6, 6.07) is 5.34. The van der Waals surface area contributed by atoms with Gasteiger partial charge in [-0.15, -0.1) is 0 Å². The highest BCUT2D eigenvalue weighted by Crippen LogP contribution is 2.26. The number of carbonyl (C=O) groups excluding carboxylic acids is 1. The number of amides is 1. The molecule has 9 heteroatoms. The van der Waals surface area contributed by atoms with Crippen LogP contribution >= 0.6 is 0 Å². The summed E-state index contributed by atoms with van der Waals surface area (Å²) in [5.41, 5.74) is 1.36. The third-order valence-corrected chi connectivity index (χ3v) is 6.14. The summed E-state index contributed by atoms with van der Waals surface area (Å²) in [4.78, 5) is 19.4. The molecule has 0 radical (unpaired) electrons. The Balaban J connectivity index is 1.40. The van der Waals surface area contributed by atoms with Gasteiger partial charge in [-0.25, -0.2) is 22.5 Å². The lowest BCUT2D eigenvalue weighted by Gasteiger charge is -2.33. The van der Waals surface area contributed by atoms with E-state index in [4.69, 9.17) is 0 Å². The molecule has 176 valence electrons. The van der Waals surface area contributed by atoms with Crippen LogP contribution in [0.1, 0.15) is 38.3 Å². The molecule has 1 unspecified atom stereocenters. The van der Waals surface area contributed by atoms with Crippen molar-refractivity contribution in [2.45, 2.75) is 45.3 Å². The number of fused-ring (bicyclic) bond motifs is 1. The topological polar surface area (TPSA) is 50.2 Å². The smallest absolute Gasteiger partial charge is 0.243 e. The minimum absolute atomic E-state index is 0.0380. The van der Waals surface area contributed by atoms with E-state index in [0.29, 0.717) is 43.6 Å². The Morgan fingerprint density at radius 2 is 1.70 bits per heavy atom. The van der Waals surface area contributed by atoms with E-state index in [1.54, 1.807) is 10.6 Å². The van der Waals surface area contributed by atoms with Crippen LogP contribution in [0.4, 0.5) is 17.6 Å². The number of carbonyl (C=O) groups is 1. The van der Waals surface area contributed by atoms with Crippen molar-refractivity contribution in [3.05, 3.63) is 65.5 Å². The molecule has 1 N–H and O–H groups in total. The standard InChI is InChI=1S/C24H26F4N4O/c1-14(2)23(32-13-29-21-10-19(27)20(28)11-22(21)32)24(33)30-16-5-7-31(8-6-16)12-15-3-4-17(25)18(26)9-15/h3-4,9-11,13-14,16,23H,5-8,12H2,1-2H3,(H,30,33). The fourth-order valence-corrected chi connectivity index (χ4v) is 4.41. The minimum Gasteiger partial charge on any atom is -0.351 e. The first-order valence-electron chi connectivity index (χ1n) is 11.0. The van der Waals surface area contributed by atoms with Crippen LogP contribution in [-0.4, -0.2) is 39.5 Å². The van der Waals surface area contributed by atoms with Crippen molar-refractivity contribution in [1.29, 1.82) is 0 Å². The summed E-state index contributed by atoms with van der Waals surface area (Å²) in [6.45, 7) is 5.69. The molecule has 1 atom stereocenters. The van der Waals surface area contributed by atoms with Gasteiger partial charge in [-0.2, -0.15) is 0 Å². The first kappa shape index (κ1) is 23.2. The van der Waals surface area contributed by atoms with Gasteiger partial charge < -0.3 is 9.88 Å². The summed E-state index contributed by atoms with van der Waals surface area (Å²) in [5.74, 6) is -3.99. The average molecular weight is 462 g/mol. The molecule has 1 fully saturated rings. The van der Waals surface area contributed by atoms with Gasteiger partial charge in [0.1, 0.15) is 6.04 Å². The molecule has 33 heavy (non-hydrogen) atoms. The lowest BCUT2D eigenvalue weighted by atomic mass is 10.00. The van der Waals surface area contributed by atoms with Gasteiger partial charge >= 0.3 is 0 Å². The quantitative estimate of drug-likeness (QED) is 0.546. The van der Waals surface area contributed by atoms with Gasteiger partial charge in [0.05, 0.1) is 17.4 Å². The van der Waals surface area contributed by atoms with E-state index in [1.165, 1.54) is 12.4 Å². The van der Waals surface area contributed by atoms with Crippen LogP contribution < -0.4 is 5.32 Å². The third kappa shape index (κ3) is 5.03. The lowest BCUT2D eigenvalue weighted by Crippen LogP contribution is -2.47. The Kier molecular flexibility index (Phi) is 6.69. The molecular formula is C24H26F4N4O. The maximum absolute atomic E-state index is 13.8. The zero-order valence-corrected chi connectivity index (χ0v) is 18.5. The maximum atomic E-state index is 13.8. The maximum Gasteiger partial charge on any atom is 0.243 e. The van der Waals surface area contributed by atoms with E-state index < -0.39 is 29.3 Å². The van der Waals surface area contributed by atoms with Crippen molar-refractivity contribution in [1.82, 2.24) is 19.8 Å². The number of imidazole rings is 1. The number of aromatic nitrogens is 2. The van der Waals surface area contributed by atoms with Crippen LogP contribution in [-0.2, 0) is 11.3 Å². The lowest BCUT2D eigenvalue weighted by molar-refractivity contribution is -0.126. The minimum atomic E-state index is -0.986. The van der Waals surface area contributed by atoms with Crippen LogP contribution in [0, 0.1) is 29.2 Å². The molecule has 1 aliphatic rings. The number of likely N-dealkylation sites (tertiary alicyclic amines) is 1. The number of nitrogens with zero attached hydrogens (tertiary/aromatic N) is 3. The fourth-order valence-electron chi connectivity index (χ4n) is 4.41. The average Bonchev–Trinajstić information content (AvgIpc) is 3.14. The zero-order valence-electron chi connectivity index (χ0n) is 18.5. The third-order valence-electron chi connectivity index (χ3n) is 6.14. The summed E-state index contributed by atoms with van der Waals surface area (Å²) < 4.78 is 55.5. The van der Waals surface area contributed by atoms with Gasteiger partial charge in [-0.05, 0) is 36.5 Å². The molecular weight excluding hydrogens is 436 g/mol. The Morgan fingerprint density at radius 1 is 1.03 bits per heavy atom. The number of halogens is 4.